The van der Waals surface area contributed by atoms with Gasteiger partial charge in [-0.2, -0.15) is 0 Å². The van der Waals surface area contributed by atoms with Gasteiger partial charge in [0, 0.05) is 24.9 Å². The van der Waals surface area contributed by atoms with E-state index in [1.165, 1.54) is 0 Å². The quantitative estimate of drug-likeness (QED) is 0.751. The van der Waals surface area contributed by atoms with Crippen LogP contribution in [0.15, 0.2) is 24.3 Å². The summed E-state index contributed by atoms with van der Waals surface area (Å²) >= 11 is 0. The van der Waals surface area contributed by atoms with E-state index in [4.69, 9.17) is 5.11 Å². The maximum absolute atomic E-state index is 11.9. The van der Waals surface area contributed by atoms with E-state index < -0.39 is 11.4 Å². The van der Waals surface area contributed by atoms with Gasteiger partial charge in [-0.25, -0.2) is 0 Å². The molecule has 2 N–H and O–H groups in total. The predicted octanol–water partition coefficient (Wildman–Crippen LogP) is 1.94. The molecular weight excluding hydrogens is 270 g/mol. The summed E-state index contributed by atoms with van der Waals surface area (Å²) in [6.45, 7) is 2.09. The fourth-order valence-corrected chi connectivity index (χ4v) is 2.08. The van der Waals surface area contributed by atoms with Crippen LogP contribution >= 0.6 is 0 Å². The van der Waals surface area contributed by atoms with Crippen molar-refractivity contribution in [3.63, 3.8) is 0 Å². The lowest BCUT2D eigenvalue weighted by molar-refractivity contribution is -0.143. The molecule has 1 aliphatic carbocycles. The van der Waals surface area contributed by atoms with Gasteiger partial charge < -0.3 is 10.4 Å². The Morgan fingerprint density at radius 2 is 1.76 bits per heavy atom. The van der Waals surface area contributed by atoms with Crippen LogP contribution in [0.5, 0.6) is 0 Å². The van der Waals surface area contributed by atoms with Gasteiger partial charge in [-0.3, -0.25) is 14.4 Å². The molecule has 0 heterocycles. The number of carbonyl (C=O) groups is 3. The third-order valence-electron chi connectivity index (χ3n) is 3.88. The molecule has 0 aromatic heterocycles. The largest absolute Gasteiger partial charge is 0.481 e. The number of amides is 1. The Morgan fingerprint density at radius 3 is 2.29 bits per heavy atom. The third-order valence-corrected chi connectivity index (χ3v) is 3.88. The first-order valence-electron chi connectivity index (χ1n) is 7.03. The summed E-state index contributed by atoms with van der Waals surface area (Å²) in [5.74, 6) is -1.22. The summed E-state index contributed by atoms with van der Waals surface area (Å²) in [7, 11) is 0. The molecule has 1 amide bonds. The minimum Gasteiger partial charge on any atom is -0.481 e. The molecule has 0 spiro atoms. The van der Waals surface area contributed by atoms with Crippen molar-refractivity contribution in [3.8, 4) is 0 Å². The minimum absolute atomic E-state index is 0.0791. The summed E-state index contributed by atoms with van der Waals surface area (Å²) in [6.07, 6.45) is 1.42. The van der Waals surface area contributed by atoms with Crippen LogP contribution in [0.4, 0.5) is 0 Å². The first-order chi connectivity index (χ1) is 9.93. The van der Waals surface area contributed by atoms with Crippen LogP contribution in [0.2, 0.25) is 0 Å². The van der Waals surface area contributed by atoms with Crippen LogP contribution in [0.3, 0.4) is 0 Å². The van der Waals surface area contributed by atoms with Gasteiger partial charge in [0.15, 0.2) is 5.78 Å². The second kappa shape index (κ2) is 6.08. The number of carbonyl (C=O) groups excluding carboxylic acids is 2. The van der Waals surface area contributed by atoms with Gasteiger partial charge in [-0.15, -0.1) is 0 Å². The number of carboxylic acid groups (broad SMARTS) is 1. The van der Waals surface area contributed by atoms with E-state index in [1.54, 1.807) is 12.1 Å². The number of benzene rings is 1. The molecule has 1 saturated carbocycles. The molecule has 1 aliphatic rings. The highest BCUT2D eigenvalue weighted by molar-refractivity contribution is 5.98. The highest BCUT2D eigenvalue weighted by Crippen LogP contribution is 2.45. The van der Waals surface area contributed by atoms with Crippen LogP contribution in [0.1, 0.15) is 41.6 Å². The predicted molar refractivity (Wildman–Crippen MR) is 77.1 cm³/mol. The Labute approximate surface area is 123 Å². The second-order valence-corrected chi connectivity index (χ2v) is 5.65. The number of carboxylic acids is 1. The maximum atomic E-state index is 11.9. The van der Waals surface area contributed by atoms with Gasteiger partial charge in [0.05, 0.1) is 5.41 Å². The molecular formula is C16H19NO4. The Balaban J connectivity index is 1.75. The van der Waals surface area contributed by atoms with Crippen molar-refractivity contribution < 1.29 is 19.5 Å². The minimum atomic E-state index is -0.862. The number of aryl methyl sites for hydroxylation is 1. The van der Waals surface area contributed by atoms with Crippen LogP contribution in [0, 0.1) is 12.3 Å². The topological polar surface area (TPSA) is 83.5 Å². The van der Waals surface area contributed by atoms with Crippen LogP contribution in [-0.2, 0) is 9.59 Å². The molecule has 1 aromatic rings. The Kier molecular flexibility index (Phi) is 4.40. The zero-order chi connectivity index (χ0) is 15.5. The lowest BCUT2D eigenvalue weighted by Gasteiger charge is -2.10. The SMILES string of the molecule is Cc1ccc(C(=O)CCC(=O)NCC2(C(=O)O)CC2)cc1. The standard InChI is InChI=1S/C16H19NO4/c1-11-2-4-12(5-3-11)13(18)6-7-14(19)17-10-16(8-9-16)15(20)21/h2-5H,6-10H2,1H3,(H,17,19)(H,20,21). The number of hydrogen-bond donors (Lipinski definition) is 2. The fraction of sp³-hybridized carbons (Fsp3) is 0.438. The zero-order valence-corrected chi connectivity index (χ0v) is 12.0. The summed E-state index contributed by atoms with van der Waals surface area (Å²) in [6, 6.07) is 7.21. The van der Waals surface area contributed by atoms with Gasteiger partial charge in [-0.1, -0.05) is 29.8 Å². The normalized spacial score (nSPS) is 15.3. The van der Waals surface area contributed by atoms with Crippen molar-refractivity contribution in [1.82, 2.24) is 5.32 Å². The molecule has 5 heteroatoms. The highest BCUT2D eigenvalue weighted by atomic mass is 16.4. The molecule has 1 aromatic carbocycles. The average molecular weight is 289 g/mol. The van der Waals surface area contributed by atoms with E-state index in [1.807, 2.05) is 19.1 Å². The van der Waals surface area contributed by atoms with Gasteiger partial charge in [-0.05, 0) is 19.8 Å². The van der Waals surface area contributed by atoms with Crippen molar-refractivity contribution in [2.24, 2.45) is 5.41 Å². The first-order valence-corrected chi connectivity index (χ1v) is 7.03. The smallest absolute Gasteiger partial charge is 0.311 e. The zero-order valence-electron chi connectivity index (χ0n) is 12.0. The van der Waals surface area contributed by atoms with Gasteiger partial charge in [0.2, 0.25) is 5.91 Å². The van der Waals surface area contributed by atoms with Gasteiger partial charge >= 0.3 is 5.97 Å². The van der Waals surface area contributed by atoms with Crippen molar-refractivity contribution in [1.29, 1.82) is 0 Å². The average Bonchev–Trinajstić information content (AvgIpc) is 3.24. The number of hydrogen-bond acceptors (Lipinski definition) is 3. The second-order valence-electron chi connectivity index (χ2n) is 5.65. The van der Waals surface area contributed by atoms with Crippen molar-refractivity contribution >= 4 is 17.7 Å². The van der Waals surface area contributed by atoms with E-state index in [-0.39, 0.29) is 31.1 Å². The van der Waals surface area contributed by atoms with Crippen molar-refractivity contribution in [2.75, 3.05) is 6.54 Å². The number of rotatable bonds is 7. The molecule has 0 atom stereocenters. The number of Topliss-reactive ketones (excluding diaryl/α,β-unsaturated/α-hetero) is 1. The van der Waals surface area contributed by atoms with Crippen LogP contribution in [-0.4, -0.2) is 29.3 Å². The van der Waals surface area contributed by atoms with E-state index in [0.29, 0.717) is 18.4 Å². The molecule has 0 aliphatic heterocycles. The van der Waals surface area contributed by atoms with Crippen molar-refractivity contribution in [3.05, 3.63) is 35.4 Å². The molecule has 0 saturated heterocycles. The maximum Gasteiger partial charge on any atom is 0.311 e. The molecule has 1 fully saturated rings. The van der Waals surface area contributed by atoms with E-state index >= 15 is 0 Å². The molecule has 21 heavy (non-hydrogen) atoms. The molecule has 5 nitrogen and oxygen atoms in total. The molecule has 0 bridgehead atoms. The van der Waals surface area contributed by atoms with E-state index in [9.17, 15) is 14.4 Å². The lowest BCUT2D eigenvalue weighted by Crippen LogP contribution is -2.34. The van der Waals surface area contributed by atoms with E-state index in [0.717, 1.165) is 5.56 Å². The number of ketones is 1. The van der Waals surface area contributed by atoms with Crippen molar-refractivity contribution in [2.45, 2.75) is 32.6 Å². The molecule has 2 rings (SSSR count). The van der Waals surface area contributed by atoms with Crippen LogP contribution < -0.4 is 5.32 Å². The summed E-state index contributed by atoms with van der Waals surface area (Å²) < 4.78 is 0. The third kappa shape index (κ3) is 3.90. The molecule has 0 radical (unpaired) electrons. The fourth-order valence-electron chi connectivity index (χ4n) is 2.08. The van der Waals surface area contributed by atoms with Gasteiger partial charge in [0.25, 0.3) is 0 Å². The monoisotopic (exact) mass is 289 g/mol. The van der Waals surface area contributed by atoms with Crippen LogP contribution in [0.25, 0.3) is 0 Å². The lowest BCUT2D eigenvalue weighted by atomic mass is 10.0. The number of nitrogens with one attached hydrogen (secondary N) is 1. The Bertz CT molecular complexity index is 558. The highest BCUT2D eigenvalue weighted by Gasteiger charge is 2.50. The summed E-state index contributed by atoms with van der Waals surface area (Å²) in [4.78, 5) is 34.6. The first kappa shape index (κ1) is 15.2. The summed E-state index contributed by atoms with van der Waals surface area (Å²) in [5, 5.41) is 11.6. The molecule has 112 valence electrons. The summed E-state index contributed by atoms with van der Waals surface area (Å²) in [5.41, 5.74) is 0.904. The Morgan fingerprint density at radius 1 is 1.14 bits per heavy atom. The van der Waals surface area contributed by atoms with E-state index in [2.05, 4.69) is 5.32 Å². The molecule has 0 unspecified atom stereocenters. The number of aliphatic carboxylic acids is 1. The van der Waals surface area contributed by atoms with Gasteiger partial charge in [0.1, 0.15) is 0 Å². The Hall–Kier alpha value is -2.17.